The monoisotopic (exact) mass is 368 g/mol. The molecule has 2 heterocycles. The summed E-state index contributed by atoms with van der Waals surface area (Å²) >= 11 is 3.50. The van der Waals surface area contributed by atoms with Crippen LogP contribution in [0.15, 0.2) is 59.3 Å². The molecule has 4 nitrogen and oxygen atoms in total. The van der Waals surface area contributed by atoms with Crippen LogP contribution < -0.4 is 5.32 Å². The zero-order valence-electron chi connectivity index (χ0n) is 12.8. The second kappa shape index (κ2) is 5.81. The maximum absolute atomic E-state index is 4.42. The molecule has 1 aliphatic heterocycles. The number of rotatable bonds is 2. The minimum Gasteiger partial charge on any atom is -0.348 e. The van der Waals surface area contributed by atoms with Gasteiger partial charge in [0.1, 0.15) is 6.33 Å². The van der Waals surface area contributed by atoms with Gasteiger partial charge in [-0.2, -0.15) is 10.1 Å². The lowest BCUT2D eigenvalue weighted by Gasteiger charge is -2.32. The van der Waals surface area contributed by atoms with E-state index in [0.29, 0.717) is 0 Å². The lowest BCUT2D eigenvalue weighted by molar-refractivity contribution is 0.430. The molecule has 0 saturated carbocycles. The van der Waals surface area contributed by atoms with Crippen molar-refractivity contribution in [3.8, 4) is 0 Å². The average molecular weight is 369 g/mol. The summed E-state index contributed by atoms with van der Waals surface area (Å²) in [6, 6.07) is 17.5. The van der Waals surface area contributed by atoms with Crippen LogP contribution in [0.5, 0.6) is 0 Å². The number of hydrogen-bond donors (Lipinski definition) is 1. The van der Waals surface area contributed by atoms with Gasteiger partial charge in [-0.05, 0) is 36.6 Å². The van der Waals surface area contributed by atoms with Crippen molar-refractivity contribution in [1.82, 2.24) is 14.8 Å². The fraction of sp³-hybridized carbons (Fsp3) is 0.222. The Labute approximate surface area is 143 Å². The molecule has 0 radical (unpaired) electrons. The van der Waals surface area contributed by atoms with E-state index < -0.39 is 0 Å². The van der Waals surface area contributed by atoms with Gasteiger partial charge >= 0.3 is 0 Å². The van der Waals surface area contributed by atoms with Crippen LogP contribution in [0.25, 0.3) is 0 Å². The van der Waals surface area contributed by atoms with Gasteiger partial charge in [0.2, 0.25) is 5.95 Å². The van der Waals surface area contributed by atoms with Gasteiger partial charge in [0.25, 0.3) is 0 Å². The average Bonchev–Trinajstić information content (AvgIpc) is 3.03. The van der Waals surface area contributed by atoms with Crippen molar-refractivity contribution in [2.45, 2.75) is 25.4 Å². The molecule has 1 aromatic heterocycles. The Kier molecular flexibility index (Phi) is 3.65. The summed E-state index contributed by atoms with van der Waals surface area (Å²) in [5, 5.41) is 7.92. The molecule has 1 N–H and O–H groups in total. The minimum atomic E-state index is 0.197. The highest BCUT2D eigenvalue weighted by Gasteiger charge is 2.29. The molecule has 0 bridgehead atoms. The quantitative estimate of drug-likeness (QED) is 0.724. The maximum atomic E-state index is 4.42. The smallest absolute Gasteiger partial charge is 0.222 e. The Bertz CT molecular complexity index is 825. The van der Waals surface area contributed by atoms with E-state index in [1.165, 1.54) is 16.7 Å². The van der Waals surface area contributed by atoms with E-state index >= 15 is 0 Å². The van der Waals surface area contributed by atoms with E-state index in [2.05, 4.69) is 86.8 Å². The highest BCUT2D eigenvalue weighted by atomic mass is 79.9. The van der Waals surface area contributed by atoms with Crippen LogP contribution in [-0.2, 0) is 0 Å². The molecule has 23 heavy (non-hydrogen) atoms. The molecule has 1 aliphatic rings. The van der Waals surface area contributed by atoms with E-state index in [4.69, 9.17) is 0 Å². The van der Waals surface area contributed by atoms with Crippen molar-refractivity contribution >= 4 is 21.9 Å². The highest BCUT2D eigenvalue weighted by Crippen LogP contribution is 2.37. The zero-order chi connectivity index (χ0) is 15.8. The van der Waals surface area contributed by atoms with Crippen molar-refractivity contribution in [2.24, 2.45) is 0 Å². The predicted octanol–water partition coefficient (Wildman–Crippen LogP) is 4.50. The molecule has 5 heteroatoms. The summed E-state index contributed by atoms with van der Waals surface area (Å²) in [7, 11) is 0. The first kappa shape index (κ1) is 14.5. The van der Waals surface area contributed by atoms with E-state index in [9.17, 15) is 0 Å². The number of benzene rings is 2. The minimum absolute atomic E-state index is 0.197. The number of anilines is 1. The summed E-state index contributed by atoms with van der Waals surface area (Å²) in [6.45, 7) is 2.12. The molecule has 2 unspecified atom stereocenters. The van der Waals surface area contributed by atoms with Crippen molar-refractivity contribution in [3.63, 3.8) is 0 Å². The van der Waals surface area contributed by atoms with Gasteiger partial charge in [0.15, 0.2) is 0 Å². The van der Waals surface area contributed by atoms with Gasteiger partial charge in [-0.15, -0.1) is 0 Å². The Balaban J connectivity index is 1.73. The van der Waals surface area contributed by atoms with Gasteiger partial charge in [-0.1, -0.05) is 57.9 Å². The molecule has 4 rings (SSSR count). The van der Waals surface area contributed by atoms with Crippen molar-refractivity contribution < 1.29 is 0 Å². The van der Waals surface area contributed by atoms with Gasteiger partial charge in [-0.3, -0.25) is 0 Å². The maximum Gasteiger partial charge on any atom is 0.222 e. The molecule has 0 spiro atoms. The molecule has 0 amide bonds. The molecule has 0 saturated heterocycles. The molecule has 0 fully saturated rings. The van der Waals surface area contributed by atoms with Gasteiger partial charge in [0.05, 0.1) is 12.1 Å². The van der Waals surface area contributed by atoms with Crippen LogP contribution >= 0.6 is 15.9 Å². The van der Waals surface area contributed by atoms with Crippen LogP contribution in [-0.4, -0.2) is 14.8 Å². The third kappa shape index (κ3) is 2.77. The second-order valence-corrected chi connectivity index (χ2v) is 6.86. The number of hydrogen-bond acceptors (Lipinski definition) is 3. The van der Waals surface area contributed by atoms with Crippen molar-refractivity contribution in [3.05, 3.63) is 76.0 Å². The Morgan fingerprint density at radius 2 is 1.96 bits per heavy atom. The normalized spacial score (nSPS) is 19.9. The van der Waals surface area contributed by atoms with Crippen LogP contribution in [0.1, 0.15) is 35.2 Å². The van der Waals surface area contributed by atoms with Crippen LogP contribution in [0, 0.1) is 6.92 Å². The standard InChI is InChI=1S/C18H17BrN4/c1-12-3-2-4-14(9-12)17-10-16(13-5-7-15(19)8-6-13)22-18-20-11-21-23(17)18/h2-9,11,16-17H,10H2,1H3,(H,20,21,22). The second-order valence-electron chi connectivity index (χ2n) is 5.94. The molecule has 3 aromatic rings. The van der Waals surface area contributed by atoms with E-state index in [0.717, 1.165) is 16.8 Å². The lowest BCUT2D eigenvalue weighted by atomic mass is 9.93. The summed E-state index contributed by atoms with van der Waals surface area (Å²) in [6.07, 6.45) is 2.57. The predicted molar refractivity (Wildman–Crippen MR) is 94.5 cm³/mol. The van der Waals surface area contributed by atoms with Crippen LogP contribution in [0.3, 0.4) is 0 Å². The highest BCUT2D eigenvalue weighted by molar-refractivity contribution is 9.10. The van der Waals surface area contributed by atoms with E-state index in [-0.39, 0.29) is 12.1 Å². The van der Waals surface area contributed by atoms with Crippen LogP contribution in [0.2, 0.25) is 0 Å². The molecule has 116 valence electrons. The topological polar surface area (TPSA) is 42.7 Å². The molecular formula is C18H17BrN4. The van der Waals surface area contributed by atoms with Crippen LogP contribution in [0.4, 0.5) is 5.95 Å². The Morgan fingerprint density at radius 3 is 2.74 bits per heavy atom. The number of fused-ring (bicyclic) bond motifs is 1. The lowest BCUT2D eigenvalue weighted by Crippen LogP contribution is -2.28. The zero-order valence-corrected chi connectivity index (χ0v) is 14.4. The van der Waals surface area contributed by atoms with Gasteiger partial charge in [-0.25, -0.2) is 4.68 Å². The molecule has 2 aromatic carbocycles. The molecule has 2 atom stereocenters. The summed E-state index contributed by atoms with van der Waals surface area (Å²) in [5.41, 5.74) is 3.81. The number of halogens is 1. The fourth-order valence-electron chi connectivity index (χ4n) is 3.19. The molecule has 0 aliphatic carbocycles. The SMILES string of the molecule is Cc1cccc(C2CC(c3ccc(Br)cc3)Nc3ncnn32)c1. The Hall–Kier alpha value is -2.14. The third-order valence-corrected chi connectivity index (χ3v) is 4.86. The van der Waals surface area contributed by atoms with Gasteiger partial charge < -0.3 is 5.32 Å². The van der Waals surface area contributed by atoms with Crippen molar-refractivity contribution in [1.29, 1.82) is 0 Å². The summed E-state index contributed by atoms with van der Waals surface area (Å²) < 4.78 is 3.08. The largest absolute Gasteiger partial charge is 0.348 e. The summed E-state index contributed by atoms with van der Waals surface area (Å²) in [5.74, 6) is 0.829. The van der Waals surface area contributed by atoms with Gasteiger partial charge in [0, 0.05) is 4.47 Å². The molecular weight excluding hydrogens is 352 g/mol. The number of aryl methyl sites for hydroxylation is 1. The Morgan fingerprint density at radius 1 is 1.13 bits per heavy atom. The first-order chi connectivity index (χ1) is 11.2. The first-order valence-corrected chi connectivity index (χ1v) is 8.48. The van der Waals surface area contributed by atoms with E-state index in [1.54, 1.807) is 6.33 Å². The number of nitrogens with zero attached hydrogens (tertiary/aromatic N) is 3. The van der Waals surface area contributed by atoms with Crippen molar-refractivity contribution in [2.75, 3.05) is 5.32 Å². The number of nitrogens with one attached hydrogen (secondary N) is 1. The fourth-order valence-corrected chi connectivity index (χ4v) is 3.45. The summed E-state index contributed by atoms with van der Waals surface area (Å²) in [4.78, 5) is 4.38. The third-order valence-electron chi connectivity index (χ3n) is 4.33. The first-order valence-electron chi connectivity index (χ1n) is 7.69. The number of aromatic nitrogens is 3. The van der Waals surface area contributed by atoms with E-state index in [1.807, 2.05) is 4.68 Å².